The van der Waals surface area contributed by atoms with Crippen LogP contribution in [-0.2, 0) is 6.54 Å². The van der Waals surface area contributed by atoms with Crippen molar-refractivity contribution in [3.05, 3.63) is 62.8 Å². The summed E-state index contributed by atoms with van der Waals surface area (Å²) < 4.78 is 1.64. The minimum Gasteiger partial charge on any atom is -0.346 e. The Bertz CT molecular complexity index is 1060. The van der Waals surface area contributed by atoms with Crippen molar-refractivity contribution >= 4 is 45.3 Å². The molecule has 7 heteroatoms. The van der Waals surface area contributed by atoms with E-state index in [4.69, 9.17) is 23.2 Å². The summed E-state index contributed by atoms with van der Waals surface area (Å²) >= 11 is 12.2. The van der Waals surface area contributed by atoms with Gasteiger partial charge in [-0.05, 0) is 29.8 Å². The van der Waals surface area contributed by atoms with E-state index in [0.717, 1.165) is 22.1 Å². The molecular formula is C15H10Cl2N4O. The fourth-order valence-electron chi connectivity index (χ4n) is 2.65. The van der Waals surface area contributed by atoms with Crippen LogP contribution in [0.4, 0.5) is 0 Å². The number of rotatable bonds is 2. The average Bonchev–Trinajstić information content (AvgIpc) is 3.07. The van der Waals surface area contributed by atoms with Crippen molar-refractivity contribution in [2.75, 3.05) is 0 Å². The number of hydrogen-bond acceptors (Lipinski definition) is 2. The zero-order chi connectivity index (χ0) is 15.3. The van der Waals surface area contributed by atoms with Gasteiger partial charge in [-0.2, -0.15) is 0 Å². The zero-order valence-electron chi connectivity index (χ0n) is 11.2. The first-order chi connectivity index (χ1) is 10.6. The molecule has 3 aromatic heterocycles. The molecular weight excluding hydrogens is 323 g/mol. The van der Waals surface area contributed by atoms with E-state index in [1.807, 2.05) is 6.07 Å². The molecule has 0 aliphatic carbocycles. The number of halogens is 2. The number of aromatic nitrogens is 4. The summed E-state index contributed by atoms with van der Waals surface area (Å²) in [7, 11) is 0. The quantitative estimate of drug-likeness (QED) is 0.589. The molecule has 0 fully saturated rings. The summed E-state index contributed by atoms with van der Waals surface area (Å²) in [4.78, 5) is 22.4. The zero-order valence-corrected chi connectivity index (χ0v) is 12.7. The average molecular weight is 333 g/mol. The van der Waals surface area contributed by atoms with Gasteiger partial charge < -0.3 is 9.97 Å². The largest absolute Gasteiger partial charge is 0.346 e. The summed E-state index contributed by atoms with van der Waals surface area (Å²) in [6.45, 7) is 0.336. The Kier molecular flexibility index (Phi) is 2.99. The minimum atomic E-state index is -0.207. The fourth-order valence-corrected chi connectivity index (χ4v) is 3.02. The molecule has 2 N–H and O–H groups in total. The maximum absolute atomic E-state index is 12.3. The number of aromatic amines is 2. The smallest absolute Gasteiger partial charge is 0.326 e. The molecule has 0 atom stereocenters. The molecule has 0 aliphatic heterocycles. The highest BCUT2D eigenvalue weighted by atomic mass is 35.5. The second kappa shape index (κ2) is 4.90. The standard InChI is InChI=1S/C15H10Cl2N4O/c16-9-1-2-11(17)8(5-9)7-21-13-10-3-4-18-14(10)19-6-12(13)20-15(21)22/h1-6H,7H2,(H,18,19)(H,20,22). The predicted molar refractivity (Wildman–Crippen MR) is 87.8 cm³/mol. The Balaban J connectivity index is 1.98. The number of benzene rings is 1. The van der Waals surface area contributed by atoms with Gasteiger partial charge in [0.05, 0.1) is 23.8 Å². The van der Waals surface area contributed by atoms with Crippen molar-refractivity contribution in [3.63, 3.8) is 0 Å². The van der Waals surface area contributed by atoms with Crippen LogP contribution in [-0.4, -0.2) is 19.5 Å². The van der Waals surface area contributed by atoms with Crippen molar-refractivity contribution in [2.45, 2.75) is 6.54 Å². The number of imidazole rings is 1. The molecule has 4 aromatic rings. The number of nitrogens with one attached hydrogen (secondary N) is 2. The van der Waals surface area contributed by atoms with E-state index in [0.29, 0.717) is 22.1 Å². The third kappa shape index (κ3) is 2.01. The van der Waals surface area contributed by atoms with Crippen LogP contribution < -0.4 is 5.69 Å². The molecule has 0 bridgehead atoms. The molecule has 0 aliphatic rings. The summed E-state index contributed by atoms with van der Waals surface area (Å²) in [5, 5.41) is 2.04. The monoisotopic (exact) mass is 332 g/mol. The molecule has 110 valence electrons. The van der Waals surface area contributed by atoms with Crippen LogP contribution in [0.25, 0.3) is 22.1 Å². The molecule has 5 nitrogen and oxygen atoms in total. The Morgan fingerprint density at radius 3 is 2.95 bits per heavy atom. The molecule has 4 rings (SSSR count). The van der Waals surface area contributed by atoms with E-state index < -0.39 is 0 Å². The van der Waals surface area contributed by atoms with Gasteiger partial charge in [0.2, 0.25) is 0 Å². The Labute approximate surface area is 134 Å². The number of hydrogen-bond donors (Lipinski definition) is 2. The minimum absolute atomic E-state index is 0.207. The molecule has 0 unspecified atom stereocenters. The van der Waals surface area contributed by atoms with Crippen LogP contribution in [0, 0.1) is 0 Å². The highest BCUT2D eigenvalue weighted by molar-refractivity contribution is 6.33. The van der Waals surface area contributed by atoms with E-state index >= 15 is 0 Å². The van der Waals surface area contributed by atoms with E-state index in [9.17, 15) is 4.79 Å². The van der Waals surface area contributed by atoms with Gasteiger partial charge in [-0.1, -0.05) is 23.2 Å². The second-order valence-electron chi connectivity index (χ2n) is 5.01. The number of pyridine rings is 1. The van der Waals surface area contributed by atoms with Crippen LogP contribution in [0.3, 0.4) is 0 Å². The molecule has 0 saturated carbocycles. The maximum atomic E-state index is 12.3. The van der Waals surface area contributed by atoms with E-state index in [1.165, 1.54) is 0 Å². The van der Waals surface area contributed by atoms with Crippen LogP contribution in [0.1, 0.15) is 5.56 Å². The molecule has 0 saturated heterocycles. The van der Waals surface area contributed by atoms with Gasteiger partial charge in [0.25, 0.3) is 0 Å². The van der Waals surface area contributed by atoms with Gasteiger partial charge in [0.15, 0.2) is 0 Å². The fraction of sp³-hybridized carbons (Fsp3) is 0.0667. The first kappa shape index (κ1) is 13.4. The molecule has 0 radical (unpaired) electrons. The number of H-pyrrole nitrogens is 2. The van der Waals surface area contributed by atoms with Crippen LogP contribution in [0.2, 0.25) is 10.0 Å². The van der Waals surface area contributed by atoms with Gasteiger partial charge in [-0.15, -0.1) is 0 Å². The maximum Gasteiger partial charge on any atom is 0.326 e. The van der Waals surface area contributed by atoms with Crippen LogP contribution >= 0.6 is 23.2 Å². The summed E-state index contributed by atoms with van der Waals surface area (Å²) in [5.41, 5.74) is 2.80. The highest BCUT2D eigenvalue weighted by Gasteiger charge is 2.13. The van der Waals surface area contributed by atoms with Gasteiger partial charge >= 0.3 is 5.69 Å². The number of fused-ring (bicyclic) bond motifs is 3. The Morgan fingerprint density at radius 1 is 1.23 bits per heavy atom. The Hall–Kier alpha value is -2.24. The molecule has 22 heavy (non-hydrogen) atoms. The normalized spacial score (nSPS) is 11.5. The van der Waals surface area contributed by atoms with E-state index in [2.05, 4.69) is 15.0 Å². The van der Waals surface area contributed by atoms with Crippen molar-refractivity contribution < 1.29 is 0 Å². The second-order valence-corrected chi connectivity index (χ2v) is 5.86. The van der Waals surface area contributed by atoms with Gasteiger partial charge in [-0.3, -0.25) is 4.57 Å². The summed E-state index contributed by atoms with van der Waals surface area (Å²) in [6, 6.07) is 7.12. The van der Waals surface area contributed by atoms with Crippen molar-refractivity contribution in [1.29, 1.82) is 0 Å². The molecule has 0 amide bonds. The first-order valence-electron chi connectivity index (χ1n) is 6.62. The van der Waals surface area contributed by atoms with Crippen LogP contribution in [0.15, 0.2) is 41.5 Å². The third-order valence-electron chi connectivity index (χ3n) is 3.65. The lowest BCUT2D eigenvalue weighted by molar-refractivity contribution is 0.789. The molecule has 3 heterocycles. The van der Waals surface area contributed by atoms with Crippen molar-refractivity contribution in [2.24, 2.45) is 0 Å². The predicted octanol–water partition coefficient (Wildman–Crippen LogP) is 3.56. The SMILES string of the molecule is O=c1[nH]c2cnc3[nH]ccc3c2n1Cc1cc(Cl)ccc1Cl. The van der Waals surface area contributed by atoms with Gasteiger partial charge in [0, 0.05) is 21.6 Å². The topological polar surface area (TPSA) is 66.5 Å². The summed E-state index contributed by atoms with van der Waals surface area (Å²) in [6.07, 6.45) is 3.44. The van der Waals surface area contributed by atoms with E-state index in [-0.39, 0.29) is 5.69 Å². The van der Waals surface area contributed by atoms with E-state index in [1.54, 1.807) is 35.2 Å². The highest BCUT2D eigenvalue weighted by Crippen LogP contribution is 2.25. The Morgan fingerprint density at radius 2 is 2.09 bits per heavy atom. The van der Waals surface area contributed by atoms with Gasteiger partial charge in [0.1, 0.15) is 5.65 Å². The molecule has 0 spiro atoms. The molecule has 1 aromatic carbocycles. The van der Waals surface area contributed by atoms with Gasteiger partial charge in [-0.25, -0.2) is 9.78 Å². The lowest BCUT2D eigenvalue weighted by atomic mass is 10.2. The van der Waals surface area contributed by atoms with Crippen LogP contribution in [0.5, 0.6) is 0 Å². The lowest BCUT2D eigenvalue weighted by Crippen LogP contribution is -2.17. The van der Waals surface area contributed by atoms with Crippen molar-refractivity contribution in [1.82, 2.24) is 19.5 Å². The number of nitrogens with zero attached hydrogens (tertiary/aromatic N) is 2. The lowest BCUT2D eigenvalue weighted by Gasteiger charge is -2.07. The van der Waals surface area contributed by atoms with Crippen molar-refractivity contribution in [3.8, 4) is 0 Å². The summed E-state index contributed by atoms with van der Waals surface area (Å²) in [5.74, 6) is 0. The third-order valence-corrected chi connectivity index (χ3v) is 4.25. The first-order valence-corrected chi connectivity index (χ1v) is 7.37.